The Morgan fingerprint density at radius 3 is 2.49 bits per heavy atom. The molecular weight excluding hydrogens is 869 g/mol. The lowest BCUT2D eigenvalue weighted by atomic mass is 9.84. The Kier molecular flexibility index (Phi) is 14.2. The Balaban J connectivity index is 1.33. The molecule has 4 amide bonds. The lowest BCUT2D eigenvalue weighted by molar-refractivity contribution is -0.189. The van der Waals surface area contributed by atoms with Crippen LogP contribution < -0.4 is 10.7 Å². The Hall–Kier alpha value is -6.14. The first-order valence-corrected chi connectivity index (χ1v) is 23.3. The fourth-order valence-corrected chi connectivity index (χ4v) is 10.1. The first-order valence-electron chi connectivity index (χ1n) is 23.3. The van der Waals surface area contributed by atoms with E-state index in [0.717, 1.165) is 54.8 Å². The molecule has 0 saturated carbocycles. The number of phenols is 1. The molecule has 5 N–H and O–H groups in total. The average molecular weight is 935 g/mol. The van der Waals surface area contributed by atoms with Crippen LogP contribution in [0, 0.1) is 11.3 Å². The normalized spacial score (nSPS) is 22.5. The highest BCUT2D eigenvalue weighted by atomic mass is 16.6. The zero-order valence-electron chi connectivity index (χ0n) is 40.5. The SMILES string of the molecule is C=CC(=O)N1CCC(O)(C(=O)N(C)[C@H](C(=O)N[C@H]2Cc3cc(O)cc(c3)-c3ccc4c(c3)c(c(-c3ccncc3CN(C)C)n4CC)CC(C)(C)COC(=O)[C@@]3(O)CCCN(N3)C2=O)C(C)C)C1. The number of aliphatic hydroxyl groups is 2. The molecule has 2 aromatic carbocycles. The monoisotopic (exact) mass is 934 g/mol. The fourth-order valence-electron chi connectivity index (χ4n) is 10.1. The van der Waals surface area contributed by atoms with Crippen molar-refractivity contribution in [3.8, 4) is 28.1 Å². The zero-order valence-corrected chi connectivity index (χ0v) is 40.5. The Bertz CT molecular complexity index is 2620. The molecule has 2 aromatic heterocycles. The molecule has 3 aliphatic rings. The number of phenolic OH excluding ortho intramolecular Hbond substituents is 1. The summed E-state index contributed by atoms with van der Waals surface area (Å²) in [6, 6.07) is 10.7. The molecule has 17 heteroatoms. The summed E-state index contributed by atoms with van der Waals surface area (Å²) in [4.78, 5) is 78.7. The topological polar surface area (TPSA) is 210 Å². The van der Waals surface area contributed by atoms with Crippen molar-refractivity contribution in [1.82, 2.24) is 40.0 Å². The van der Waals surface area contributed by atoms with Crippen LogP contribution in [-0.4, -0.2) is 145 Å². The van der Waals surface area contributed by atoms with Crippen molar-refractivity contribution < 1.29 is 44.0 Å². The summed E-state index contributed by atoms with van der Waals surface area (Å²) in [5.41, 5.74) is 4.84. The number of cyclic esters (lactones) is 1. The smallest absolute Gasteiger partial charge is 0.355 e. The van der Waals surface area contributed by atoms with Gasteiger partial charge in [-0.1, -0.05) is 46.4 Å². The molecule has 364 valence electrons. The summed E-state index contributed by atoms with van der Waals surface area (Å²) in [6.45, 7) is 14.2. The number of hydrazine groups is 1. The minimum Gasteiger partial charge on any atom is -0.508 e. The molecule has 5 heterocycles. The Labute approximate surface area is 397 Å². The predicted molar refractivity (Wildman–Crippen MR) is 256 cm³/mol. The molecule has 3 aliphatic heterocycles. The van der Waals surface area contributed by atoms with Crippen LogP contribution in [0.3, 0.4) is 0 Å². The third-order valence-electron chi connectivity index (χ3n) is 13.4. The maximum absolute atomic E-state index is 14.8. The summed E-state index contributed by atoms with van der Waals surface area (Å²) in [5.74, 6) is -4.14. The number of likely N-dealkylation sites (N-methyl/N-ethyl adjacent to an activating group) is 1. The molecule has 2 fully saturated rings. The van der Waals surface area contributed by atoms with Crippen molar-refractivity contribution in [2.24, 2.45) is 11.3 Å². The molecule has 0 aliphatic carbocycles. The first-order chi connectivity index (χ1) is 32.1. The zero-order chi connectivity index (χ0) is 49.5. The number of likely N-dealkylation sites (tertiary alicyclic amines) is 1. The van der Waals surface area contributed by atoms with Crippen molar-refractivity contribution in [1.29, 1.82) is 0 Å². The number of hydrogen-bond donors (Lipinski definition) is 5. The Morgan fingerprint density at radius 1 is 1.04 bits per heavy atom. The van der Waals surface area contributed by atoms with E-state index in [2.05, 4.69) is 50.8 Å². The van der Waals surface area contributed by atoms with E-state index >= 15 is 0 Å². The van der Waals surface area contributed by atoms with E-state index in [1.54, 1.807) is 26.1 Å². The van der Waals surface area contributed by atoms with E-state index in [0.29, 0.717) is 30.6 Å². The minimum absolute atomic E-state index is 0.0467. The van der Waals surface area contributed by atoms with Crippen molar-refractivity contribution in [2.75, 3.05) is 47.4 Å². The number of aromatic nitrogens is 2. The molecule has 0 radical (unpaired) electrons. The van der Waals surface area contributed by atoms with Gasteiger partial charge < -0.3 is 44.6 Å². The number of aromatic hydroxyl groups is 1. The molecule has 1 unspecified atom stereocenters. The van der Waals surface area contributed by atoms with Gasteiger partial charge in [-0.25, -0.2) is 4.79 Å². The van der Waals surface area contributed by atoms with Gasteiger partial charge in [0.15, 0.2) is 5.60 Å². The van der Waals surface area contributed by atoms with E-state index in [9.17, 15) is 39.3 Å². The van der Waals surface area contributed by atoms with Crippen LogP contribution in [0.5, 0.6) is 5.75 Å². The number of esters is 1. The van der Waals surface area contributed by atoms with Crippen LogP contribution in [0.15, 0.2) is 67.5 Å². The number of nitrogens with one attached hydrogen (secondary N) is 2. The number of carbonyl (C=O) groups is 5. The fraction of sp³-hybridized carbons (Fsp3) is 0.490. The van der Waals surface area contributed by atoms with Crippen molar-refractivity contribution >= 4 is 40.5 Å². The number of carbonyl (C=O) groups excluding carboxylic acids is 5. The molecule has 2 saturated heterocycles. The number of fused-ring (bicyclic) bond motifs is 6. The third kappa shape index (κ3) is 10.0. The number of benzene rings is 2. The summed E-state index contributed by atoms with van der Waals surface area (Å²) in [7, 11) is 5.42. The number of nitrogens with zero attached hydrogens (tertiary/aromatic N) is 6. The van der Waals surface area contributed by atoms with Gasteiger partial charge in [0.25, 0.3) is 11.8 Å². The Morgan fingerprint density at radius 2 is 1.79 bits per heavy atom. The molecule has 4 atom stereocenters. The predicted octanol–water partition coefficient (Wildman–Crippen LogP) is 3.76. The van der Waals surface area contributed by atoms with E-state index in [-0.39, 0.29) is 57.7 Å². The second-order valence-corrected chi connectivity index (χ2v) is 20.1. The lowest BCUT2D eigenvalue weighted by Crippen LogP contribution is -2.67. The van der Waals surface area contributed by atoms with E-state index < -0.39 is 64.3 Å². The number of amides is 4. The molecule has 68 heavy (non-hydrogen) atoms. The van der Waals surface area contributed by atoms with Crippen LogP contribution in [-0.2, 0) is 54.6 Å². The minimum atomic E-state index is -2.29. The largest absolute Gasteiger partial charge is 0.508 e. The van der Waals surface area contributed by atoms with E-state index in [1.165, 1.54) is 18.0 Å². The summed E-state index contributed by atoms with van der Waals surface area (Å²) >= 11 is 0. The average Bonchev–Trinajstić information content (AvgIpc) is 3.84. The summed E-state index contributed by atoms with van der Waals surface area (Å²) in [6.07, 6.45) is 5.22. The highest BCUT2D eigenvalue weighted by Gasteiger charge is 2.49. The number of hydrogen-bond acceptors (Lipinski definition) is 12. The lowest BCUT2D eigenvalue weighted by Gasteiger charge is -2.40. The van der Waals surface area contributed by atoms with Gasteiger partial charge in [-0.05, 0) is 104 Å². The summed E-state index contributed by atoms with van der Waals surface area (Å²) < 4.78 is 8.24. The number of ether oxygens (including phenoxy) is 1. The van der Waals surface area contributed by atoms with Gasteiger partial charge in [0, 0.05) is 86.8 Å². The molecule has 0 spiro atoms. The highest BCUT2D eigenvalue weighted by Crippen LogP contribution is 2.42. The molecule has 6 bridgehead atoms. The van der Waals surface area contributed by atoms with Gasteiger partial charge in [-0.15, -0.1) is 0 Å². The first kappa shape index (κ1) is 49.8. The summed E-state index contributed by atoms with van der Waals surface area (Å²) in [5, 5.41) is 39.6. The maximum atomic E-state index is 14.8. The molecule has 17 nitrogen and oxygen atoms in total. The van der Waals surface area contributed by atoms with Gasteiger partial charge in [0.1, 0.15) is 17.8 Å². The van der Waals surface area contributed by atoms with Crippen molar-refractivity contribution in [2.45, 2.75) is 103 Å². The molecular formula is C51H66N8O9. The number of pyridine rings is 1. The second kappa shape index (κ2) is 19.5. The highest BCUT2D eigenvalue weighted by molar-refractivity contribution is 5.97. The van der Waals surface area contributed by atoms with Crippen molar-refractivity contribution in [3.05, 3.63) is 84.2 Å². The third-order valence-corrected chi connectivity index (χ3v) is 13.4. The maximum Gasteiger partial charge on any atom is 0.355 e. The number of rotatable bonds is 10. The van der Waals surface area contributed by atoms with Gasteiger partial charge in [-0.3, -0.25) is 29.2 Å². The van der Waals surface area contributed by atoms with Crippen LogP contribution in [0.25, 0.3) is 33.3 Å². The molecule has 7 rings (SSSR count). The van der Waals surface area contributed by atoms with E-state index in [4.69, 9.17) is 4.74 Å². The van der Waals surface area contributed by atoms with Crippen molar-refractivity contribution in [3.63, 3.8) is 0 Å². The number of aryl methyl sites for hydroxylation is 1. The van der Waals surface area contributed by atoms with Crippen LogP contribution in [0.1, 0.15) is 70.6 Å². The van der Waals surface area contributed by atoms with Gasteiger partial charge in [0.2, 0.25) is 17.5 Å². The number of β-amino-alcohol motifs (C(OH)–C–C–N with tert-alkyl or cyclic N) is 1. The van der Waals surface area contributed by atoms with Gasteiger partial charge >= 0.3 is 5.97 Å². The van der Waals surface area contributed by atoms with Gasteiger partial charge in [0.05, 0.1) is 18.8 Å². The van der Waals surface area contributed by atoms with Crippen LogP contribution in [0.4, 0.5) is 0 Å². The quantitative estimate of drug-likeness (QED) is 0.114. The van der Waals surface area contributed by atoms with Gasteiger partial charge in [-0.2, -0.15) is 5.43 Å². The van der Waals surface area contributed by atoms with Crippen LogP contribution >= 0.6 is 0 Å². The standard InChI is InChI=1S/C51H66N8O9/c1-10-42(61)57-20-17-50(66,29-57)47(64)56(9)43(31(3)4)45(62)53-40-23-32-21-34(24-36(60)22-32)33-13-14-41-38(25-33)39(44(58(41)11-2)37-15-18-52-27-35(37)28-55(7)8)26-49(5,6)30-68-48(65)51(67)16-12-19-59(54-51)46(40)63/h10,13-15,18,21-22,24-25,27,31,40,43,54,60,66-67H,1,11-12,16-17,19-20,23,26,28-30H2,2-9H3,(H,53,62)/t40-,43-,50?,51-/m0/s1. The molecule has 4 aromatic rings. The van der Waals surface area contributed by atoms with E-state index in [1.807, 2.05) is 52.3 Å². The second-order valence-electron chi connectivity index (χ2n) is 20.1. The van der Waals surface area contributed by atoms with Crippen LogP contribution in [0.2, 0.25) is 0 Å².